The Morgan fingerprint density at radius 2 is 1.68 bits per heavy atom. The van der Waals surface area contributed by atoms with Crippen molar-refractivity contribution in [3.63, 3.8) is 0 Å². The second kappa shape index (κ2) is 9.32. The highest BCUT2D eigenvalue weighted by molar-refractivity contribution is 5.94. The third kappa shape index (κ3) is 5.79. The Balaban J connectivity index is 1.44. The predicted molar refractivity (Wildman–Crippen MR) is 112 cm³/mol. The smallest absolute Gasteiger partial charge is 0.239 e. The molecule has 2 heterocycles. The van der Waals surface area contributed by atoms with Crippen molar-refractivity contribution in [3.8, 4) is 0 Å². The molecular weight excluding hydrogens is 354 g/mol. The average molecular weight is 381 g/mol. The van der Waals surface area contributed by atoms with Crippen molar-refractivity contribution in [1.29, 1.82) is 0 Å². The molecule has 1 aliphatic rings. The number of hydrogen-bond donors (Lipinski definition) is 2. The lowest BCUT2D eigenvalue weighted by molar-refractivity contribution is -0.119. The van der Waals surface area contributed by atoms with E-state index in [9.17, 15) is 9.59 Å². The number of amides is 2. The van der Waals surface area contributed by atoms with Crippen molar-refractivity contribution in [3.05, 3.63) is 48.2 Å². The van der Waals surface area contributed by atoms with Crippen LogP contribution >= 0.6 is 0 Å². The van der Waals surface area contributed by atoms with Gasteiger partial charge in [0.15, 0.2) is 0 Å². The van der Waals surface area contributed by atoms with Gasteiger partial charge in [-0.2, -0.15) is 0 Å². The van der Waals surface area contributed by atoms with E-state index >= 15 is 0 Å². The molecule has 2 aromatic rings. The van der Waals surface area contributed by atoms with Gasteiger partial charge in [0.2, 0.25) is 11.8 Å². The number of benzene rings is 1. The monoisotopic (exact) mass is 381 g/mol. The maximum absolute atomic E-state index is 12.2. The first-order chi connectivity index (χ1) is 13.5. The number of carbonyl (C=O) groups excluding carboxylic acids is 2. The molecule has 0 saturated carbocycles. The molecule has 148 valence electrons. The van der Waals surface area contributed by atoms with Crippen LogP contribution in [0.2, 0.25) is 0 Å². The SMILES string of the molecule is Cc1ccnc(NC(=O)CN(C)CC(=O)Nc2ccc(N3CCCC3)cc2)c1. The van der Waals surface area contributed by atoms with E-state index in [1.807, 2.05) is 37.3 Å². The fourth-order valence-electron chi connectivity index (χ4n) is 3.26. The lowest BCUT2D eigenvalue weighted by Crippen LogP contribution is -2.36. The molecule has 1 aliphatic heterocycles. The Kier molecular flexibility index (Phi) is 6.60. The van der Waals surface area contributed by atoms with Crippen LogP contribution in [0.5, 0.6) is 0 Å². The van der Waals surface area contributed by atoms with Gasteiger partial charge in [-0.15, -0.1) is 0 Å². The summed E-state index contributed by atoms with van der Waals surface area (Å²) < 4.78 is 0. The van der Waals surface area contributed by atoms with E-state index in [2.05, 4.69) is 20.5 Å². The van der Waals surface area contributed by atoms with Crippen molar-refractivity contribution < 1.29 is 9.59 Å². The molecule has 0 atom stereocenters. The Morgan fingerprint density at radius 3 is 2.32 bits per heavy atom. The zero-order valence-electron chi connectivity index (χ0n) is 16.4. The number of pyridine rings is 1. The highest BCUT2D eigenvalue weighted by atomic mass is 16.2. The van der Waals surface area contributed by atoms with E-state index in [0.29, 0.717) is 5.82 Å². The van der Waals surface area contributed by atoms with Gasteiger partial charge in [-0.25, -0.2) is 4.98 Å². The zero-order chi connectivity index (χ0) is 19.9. The van der Waals surface area contributed by atoms with Crippen LogP contribution in [0.4, 0.5) is 17.2 Å². The standard InChI is InChI=1S/C21H27N5O2/c1-16-9-10-22-19(13-16)24-21(28)15-25(2)14-20(27)23-17-5-7-18(8-6-17)26-11-3-4-12-26/h5-10,13H,3-4,11-12,14-15H2,1-2H3,(H,23,27)(H,22,24,28). The molecule has 1 fully saturated rings. The minimum absolute atomic E-state index is 0.108. The number of aromatic nitrogens is 1. The van der Waals surface area contributed by atoms with Gasteiger partial charge in [-0.1, -0.05) is 0 Å². The first-order valence-electron chi connectivity index (χ1n) is 9.55. The first-order valence-corrected chi connectivity index (χ1v) is 9.55. The molecule has 2 N–H and O–H groups in total. The van der Waals surface area contributed by atoms with Crippen molar-refractivity contribution in [1.82, 2.24) is 9.88 Å². The summed E-state index contributed by atoms with van der Waals surface area (Å²) in [6.45, 7) is 4.36. The molecule has 0 aliphatic carbocycles. The van der Waals surface area contributed by atoms with E-state index in [1.165, 1.54) is 18.5 Å². The van der Waals surface area contributed by atoms with Crippen LogP contribution in [-0.4, -0.2) is 54.9 Å². The van der Waals surface area contributed by atoms with Crippen LogP contribution < -0.4 is 15.5 Å². The normalized spacial score (nSPS) is 13.6. The van der Waals surface area contributed by atoms with Crippen molar-refractivity contribution in [2.24, 2.45) is 0 Å². The summed E-state index contributed by atoms with van der Waals surface area (Å²) in [5.41, 5.74) is 2.97. The Labute approximate surface area is 165 Å². The summed E-state index contributed by atoms with van der Waals surface area (Å²) in [7, 11) is 1.74. The summed E-state index contributed by atoms with van der Waals surface area (Å²) in [6.07, 6.45) is 4.12. The van der Waals surface area contributed by atoms with E-state index in [4.69, 9.17) is 0 Å². The van der Waals surface area contributed by atoms with Gasteiger partial charge in [-0.05, 0) is 68.8 Å². The highest BCUT2D eigenvalue weighted by Crippen LogP contribution is 2.22. The molecule has 0 bridgehead atoms. The molecule has 7 heteroatoms. The molecule has 1 saturated heterocycles. The number of hydrogen-bond acceptors (Lipinski definition) is 5. The number of nitrogens with one attached hydrogen (secondary N) is 2. The molecule has 3 rings (SSSR count). The fraction of sp³-hybridized carbons (Fsp3) is 0.381. The second-order valence-corrected chi connectivity index (χ2v) is 7.23. The summed E-state index contributed by atoms with van der Waals surface area (Å²) in [6, 6.07) is 11.6. The minimum Gasteiger partial charge on any atom is -0.372 e. The molecule has 0 unspecified atom stereocenters. The van der Waals surface area contributed by atoms with Crippen LogP contribution in [0.3, 0.4) is 0 Å². The maximum Gasteiger partial charge on any atom is 0.239 e. The summed E-state index contributed by atoms with van der Waals surface area (Å²) >= 11 is 0. The van der Waals surface area contributed by atoms with Crippen LogP contribution in [0, 0.1) is 6.92 Å². The lowest BCUT2D eigenvalue weighted by Gasteiger charge is -2.18. The third-order valence-electron chi connectivity index (χ3n) is 4.63. The Morgan fingerprint density at radius 1 is 1.04 bits per heavy atom. The molecule has 1 aromatic carbocycles. The highest BCUT2D eigenvalue weighted by Gasteiger charge is 2.14. The largest absolute Gasteiger partial charge is 0.372 e. The summed E-state index contributed by atoms with van der Waals surface area (Å²) in [5, 5.41) is 5.62. The molecular formula is C21H27N5O2. The average Bonchev–Trinajstić information content (AvgIpc) is 3.16. The molecule has 0 spiro atoms. The quantitative estimate of drug-likeness (QED) is 0.771. The predicted octanol–water partition coefficient (Wildman–Crippen LogP) is 2.50. The van der Waals surface area contributed by atoms with Gasteiger partial charge >= 0.3 is 0 Å². The topological polar surface area (TPSA) is 77.6 Å². The van der Waals surface area contributed by atoms with Gasteiger partial charge in [-0.3, -0.25) is 14.5 Å². The number of carbonyl (C=O) groups is 2. The van der Waals surface area contributed by atoms with Crippen molar-refractivity contribution >= 4 is 29.0 Å². The van der Waals surface area contributed by atoms with Crippen LogP contribution in [-0.2, 0) is 9.59 Å². The van der Waals surface area contributed by atoms with E-state index in [1.54, 1.807) is 24.2 Å². The second-order valence-electron chi connectivity index (χ2n) is 7.23. The molecule has 28 heavy (non-hydrogen) atoms. The lowest BCUT2D eigenvalue weighted by atomic mass is 10.2. The number of anilines is 3. The summed E-state index contributed by atoms with van der Waals surface area (Å²) in [4.78, 5) is 32.5. The van der Waals surface area contributed by atoms with Crippen molar-refractivity contribution in [2.45, 2.75) is 19.8 Å². The number of nitrogens with zero attached hydrogens (tertiary/aromatic N) is 3. The van der Waals surface area contributed by atoms with Crippen LogP contribution in [0.15, 0.2) is 42.6 Å². The molecule has 2 amide bonds. The molecule has 0 radical (unpaired) electrons. The van der Waals surface area contributed by atoms with Gasteiger partial charge < -0.3 is 15.5 Å². The Bertz CT molecular complexity index is 816. The molecule has 7 nitrogen and oxygen atoms in total. The summed E-state index contributed by atoms with van der Waals surface area (Å²) in [5.74, 6) is 0.155. The maximum atomic E-state index is 12.2. The van der Waals surface area contributed by atoms with Gasteiger partial charge in [0.05, 0.1) is 13.1 Å². The zero-order valence-corrected chi connectivity index (χ0v) is 16.4. The van der Waals surface area contributed by atoms with E-state index in [0.717, 1.165) is 24.3 Å². The van der Waals surface area contributed by atoms with E-state index in [-0.39, 0.29) is 24.9 Å². The van der Waals surface area contributed by atoms with Crippen LogP contribution in [0.25, 0.3) is 0 Å². The number of rotatable bonds is 7. The van der Waals surface area contributed by atoms with Gasteiger partial charge in [0.1, 0.15) is 5.82 Å². The minimum atomic E-state index is -0.205. The fourth-order valence-corrected chi connectivity index (χ4v) is 3.26. The first kappa shape index (κ1) is 19.8. The van der Waals surface area contributed by atoms with Gasteiger partial charge in [0, 0.05) is 30.7 Å². The van der Waals surface area contributed by atoms with Crippen molar-refractivity contribution in [2.75, 3.05) is 48.8 Å². The number of likely N-dealkylation sites (N-methyl/N-ethyl adjacent to an activating group) is 1. The van der Waals surface area contributed by atoms with E-state index < -0.39 is 0 Å². The third-order valence-corrected chi connectivity index (χ3v) is 4.63. The number of aryl methyl sites for hydroxylation is 1. The molecule has 1 aromatic heterocycles. The van der Waals surface area contributed by atoms with Crippen LogP contribution in [0.1, 0.15) is 18.4 Å². The van der Waals surface area contributed by atoms with Gasteiger partial charge in [0.25, 0.3) is 0 Å². The Hall–Kier alpha value is -2.93.